The van der Waals surface area contributed by atoms with Gasteiger partial charge in [0.05, 0.1) is 67.2 Å². The molecule has 314 valence electrons. The molecule has 0 bridgehead atoms. The van der Waals surface area contributed by atoms with E-state index < -0.39 is 29.3 Å². The van der Waals surface area contributed by atoms with E-state index in [0.717, 1.165) is 5.69 Å². The van der Waals surface area contributed by atoms with Crippen molar-refractivity contribution in [3.8, 4) is 0 Å². The van der Waals surface area contributed by atoms with E-state index in [9.17, 15) is 28.4 Å². The molecule has 4 amide bonds. The molecule has 0 radical (unpaired) electrons. The largest absolute Gasteiger partial charge is 0.444 e. The molecule has 0 atom stereocenters. The minimum atomic E-state index is -0.734. The Morgan fingerprint density at radius 2 is 1.63 bits per heavy atom. The van der Waals surface area contributed by atoms with Crippen molar-refractivity contribution in [1.29, 1.82) is 0 Å². The van der Waals surface area contributed by atoms with E-state index in [1.165, 1.54) is 17.0 Å². The molecule has 2 fully saturated rings. The van der Waals surface area contributed by atoms with Gasteiger partial charge in [-0.05, 0) is 50.6 Å². The smallest absolute Gasteiger partial charge is 0.412 e. The number of aromatic nitrogens is 3. The number of anilines is 2. The van der Waals surface area contributed by atoms with Gasteiger partial charge in [-0.15, -0.1) is 0 Å². The Morgan fingerprint density at radius 3 is 2.37 bits per heavy atom. The average Bonchev–Trinajstić information content (AvgIpc) is 3.22. The van der Waals surface area contributed by atoms with Crippen molar-refractivity contribution in [1.82, 2.24) is 35.6 Å². The van der Waals surface area contributed by atoms with Crippen LogP contribution in [0.5, 0.6) is 0 Å². The van der Waals surface area contributed by atoms with Crippen LogP contribution in [-0.2, 0) is 25.4 Å². The lowest BCUT2D eigenvalue weighted by Gasteiger charge is -2.35. The van der Waals surface area contributed by atoms with Gasteiger partial charge in [-0.25, -0.2) is 19.3 Å². The summed E-state index contributed by atoms with van der Waals surface area (Å²) in [6.07, 6.45) is 1.17. The number of morpholine rings is 1. The first-order chi connectivity index (χ1) is 28.4. The van der Waals surface area contributed by atoms with Gasteiger partial charge in [0, 0.05) is 64.2 Å². The van der Waals surface area contributed by atoms with E-state index in [2.05, 4.69) is 36.0 Å². The van der Waals surface area contributed by atoms with Crippen LogP contribution in [-0.4, -0.2) is 140 Å². The fourth-order valence-electron chi connectivity index (χ4n) is 6.69. The van der Waals surface area contributed by atoms with Gasteiger partial charge in [0.2, 0.25) is 5.91 Å². The summed E-state index contributed by atoms with van der Waals surface area (Å²) in [5, 5.41) is 16.4. The van der Waals surface area contributed by atoms with Crippen molar-refractivity contribution in [2.45, 2.75) is 32.8 Å². The monoisotopic (exact) mass is 815 g/mol. The maximum absolute atomic E-state index is 14.9. The molecule has 0 spiro atoms. The van der Waals surface area contributed by atoms with E-state index >= 15 is 0 Å². The molecule has 59 heavy (non-hydrogen) atoms. The van der Waals surface area contributed by atoms with Gasteiger partial charge in [0.25, 0.3) is 17.4 Å². The Balaban J connectivity index is 0.897. The summed E-state index contributed by atoms with van der Waals surface area (Å²) in [4.78, 5) is 73.7. The van der Waals surface area contributed by atoms with E-state index in [0.29, 0.717) is 68.0 Å². The van der Waals surface area contributed by atoms with Crippen molar-refractivity contribution in [3.05, 3.63) is 93.4 Å². The van der Waals surface area contributed by atoms with E-state index in [1.807, 2.05) is 6.07 Å². The number of carbonyl (C=O) groups is 4. The number of nitrogens with one attached hydrogen (secondary N) is 4. The molecule has 18 heteroatoms. The third-order valence-electron chi connectivity index (χ3n) is 9.66. The first kappa shape index (κ1) is 42.6. The highest BCUT2D eigenvalue weighted by molar-refractivity contribution is 6.01. The molecule has 0 unspecified atom stereocenters. The van der Waals surface area contributed by atoms with Crippen molar-refractivity contribution in [2.75, 3.05) is 95.5 Å². The molecule has 0 saturated carbocycles. The SMILES string of the molecule is CC(C)(C)OC(=O)Nc1cc(N2CCOCC2)cnc1C(=O)NCCOCCNCC(=O)N1CCN(C(=O)c2cc(Cc3n[nH]c(=O)c4ccccc34)ccc2F)CC1. The maximum atomic E-state index is 14.9. The van der Waals surface area contributed by atoms with Gasteiger partial charge in [-0.1, -0.05) is 24.3 Å². The summed E-state index contributed by atoms with van der Waals surface area (Å²) < 4.78 is 31.4. The molecule has 2 aliphatic rings. The van der Waals surface area contributed by atoms with Crippen LogP contribution in [0.15, 0.2) is 59.5 Å². The van der Waals surface area contributed by atoms with Crippen molar-refractivity contribution < 1.29 is 37.8 Å². The molecular formula is C41H50FN9O8. The number of benzene rings is 2. The van der Waals surface area contributed by atoms with E-state index in [4.69, 9.17) is 14.2 Å². The number of amides is 4. The highest BCUT2D eigenvalue weighted by Crippen LogP contribution is 2.24. The molecule has 2 saturated heterocycles. The standard InChI is InChI=1S/C41H50FN9O8/c1-41(2,3)59-40(56)46-34-24-28(49-16-20-58-21-17-49)25-45-36(34)38(54)44-11-19-57-18-10-43-26-35(52)50-12-14-51(15-13-50)39(55)31-22-27(8-9-32(31)42)23-33-29-6-4-5-7-30(29)37(53)48-47-33/h4-9,22,24-25,43H,10-21,23,26H2,1-3H3,(H,44,54)(H,46,56)(H,48,53). The van der Waals surface area contributed by atoms with Gasteiger partial charge in [0.15, 0.2) is 5.69 Å². The highest BCUT2D eigenvalue weighted by Gasteiger charge is 2.27. The molecule has 4 N–H and O–H groups in total. The Labute approximate surface area is 340 Å². The second-order valence-electron chi connectivity index (χ2n) is 15.1. The summed E-state index contributed by atoms with van der Waals surface area (Å²) in [6.45, 7) is 9.87. The minimum absolute atomic E-state index is 0.0329. The Hall–Kier alpha value is -5.98. The average molecular weight is 816 g/mol. The van der Waals surface area contributed by atoms with Gasteiger partial charge in [0.1, 0.15) is 11.4 Å². The second-order valence-corrected chi connectivity index (χ2v) is 15.1. The molecule has 2 aliphatic heterocycles. The first-order valence-corrected chi connectivity index (χ1v) is 19.6. The zero-order chi connectivity index (χ0) is 41.9. The van der Waals surface area contributed by atoms with Crippen molar-refractivity contribution >= 4 is 46.0 Å². The van der Waals surface area contributed by atoms with Crippen LogP contribution in [0.3, 0.4) is 0 Å². The van der Waals surface area contributed by atoms with Crippen LogP contribution in [0.4, 0.5) is 20.6 Å². The van der Waals surface area contributed by atoms with Crippen LogP contribution >= 0.6 is 0 Å². The Bertz CT molecular complexity index is 2200. The number of carbonyl (C=O) groups excluding carboxylic acids is 4. The van der Waals surface area contributed by atoms with Gasteiger partial charge >= 0.3 is 6.09 Å². The van der Waals surface area contributed by atoms with Crippen LogP contribution in [0.2, 0.25) is 0 Å². The molecule has 0 aliphatic carbocycles. The van der Waals surface area contributed by atoms with Gasteiger partial charge in [-0.3, -0.25) is 24.5 Å². The number of aromatic amines is 1. The number of rotatable bonds is 14. The number of piperazine rings is 1. The molecule has 17 nitrogen and oxygen atoms in total. The van der Waals surface area contributed by atoms with Gasteiger partial charge < -0.3 is 39.5 Å². The summed E-state index contributed by atoms with van der Waals surface area (Å²) in [5.74, 6) is -1.73. The lowest BCUT2D eigenvalue weighted by atomic mass is 10.0. The van der Waals surface area contributed by atoms with Gasteiger partial charge in [-0.2, -0.15) is 5.10 Å². The minimum Gasteiger partial charge on any atom is -0.444 e. The van der Waals surface area contributed by atoms with Crippen molar-refractivity contribution in [2.24, 2.45) is 0 Å². The quantitative estimate of drug-likeness (QED) is 0.136. The molecule has 4 aromatic rings. The lowest BCUT2D eigenvalue weighted by molar-refractivity contribution is -0.131. The Morgan fingerprint density at radius 1 is 0.915 bits per heavy atom. The number of halogens is 1. The highest BCUT2D eigenvalue weighted by atomic mass is 19.1. The summed E-state index contributed by atoms with van der Waals surface area (Å²) >= 11 is 0. The number of hydrogen-bond acceptors (Lipinski definition) is 12. The molecule has 2 aromatic heterocycles. The van der Waals surface area contributed by atoms with E-state index in [1.54, 1.807) is 62.2 Å². The number of pyridine rings is 1. The summed E-state index contributed by atoms with van der Waals surface area (Å²) in [6, 6.07) is 13.1. The second kappa shape index (κ2) is 19.6. The fourth-order valence-corrected chi connectivity index (χ4v) is 6.69. The number of H-pyrrole nitrogens is 1. The summed E-state index contributed by atoms with van der Waals surface area (Å²) in [5.41, 5.74) is 1.16. The molecule has 2 aromatic carbocycles. The Kier molecular flexibility index (Phi) is 14.2. The molecule has 6 rings (SSSR count). The zero-order valence-electron chi connectivity index (χ0n) is 33.5. The summed E-state index contributed by atoms with van der Waals surface area (Å²) in [7, 11) is 0. The number of hydrogen-bond donors (Lipinski definition) is 4. The maximum Gasteiger partial charge on any atom is 0.412 e. The van der Waals surface area contributed by atoms with Crippen LogP contribution in [0, 0.1) is 5.82 Å². The van der Waals surface area contributed by atoms with Crippen LogP contribution < -0.4 is 26.4 Å². The predicted molar refractivity (Wildman–Crippen MR) is 217 cm³/mol. The first-order valence-electron chi connectivity index (χ1n) is 19.6. The zero-order valence-corrected chi connectivity index (χ0v) is 33.5. The van der Waals surface area contributed by atoms with Crippen LogP contribution in [0.1, 0.15) is 52.9 Å². The third kappa shape index (κ3) is 11.6. The topological polar surface area (TPSA) is 200 Å². The number of fused-ring (bicyclic) bond motifs is 1. The number of nitrogens with zero attached hydrogens (tertiary/aromatic N) is 5. The predicted octanol–water partition coefficient (Wildman–Crippen LogP) is 2.55. The third-order valence-corrected chi connectivity index (χ3v) is 9.66. The normalized spacial score (nSPS) is 14.6. The van der Waals surface area contributed by atoms with Crippen molar-refractivity contribution in [3.63, 3.8) is 0 Å². The van der Waals surface area contributed by atoms with Crippen LogP contribution in [0.25, 0.3) is 10.8 Å². The number of ether oxygens (including phenoxy) is 3. The molecule has 4 heterocycles. The fraction of sp³-hybridized carbons (Fsp3) is 0.439. The van der Waals surface area contributed by atoms with E-state index in [-0.39, 0.29) is 74.2 Å². The lowest BCUT2D eigenvalue weighted by Crippen LogP contribution is -2.52. The molecular weight excluding hydrogens is 766 g/mol.